The molecular formula is C17H24N4O4. The first-order chi connectivity index (χ1) is 12.1. The summed E-state index contributed by atoms with van der Waals surface area (Å²) in [5.41, 5.74) is 0.797. The molecule has 25 heavy (non-hydrogen) atoms. The highest BCUT2D eigenvalue weighted by molar-refractivity contribution is 6.01. The van der Waals surface area contributed by atoms with Crippen LogP contribution in [0.25, 0.3) is 0 Å². The van der Waals surface area contributed by atoms with Crippen LogP contribution < -0.4 is 16.0 Å². The Balaban J connectivity index is 2.12. The smallest absolute Gasteiger partial charge is 0.413 e. The SMILES string of the molecule is COC(=O)NC(=NCC1(Nc2ccccc2)CCCC1)NC(=O)OC. The normalized spacial score (nSPS) is 15.0. The maximum atomic E-state index is 11.4. The molecule has 136 valence electrons. The topological polar surface area (TPSA) is 101 Å². The Morgan fingerprint density at radius 2 is 1.60 bits per heavy atom. The van der Waals surface area contributed by atoms with Gasteiger partial charge in [-0.3, -0.25) is 10.6 Å². The second-order valence-electron chi connectivity index (χ2n) is 5.88. The molecule has 1 saturated carbocycles. The number of anilines is 1. The number of nitrogens with one attached hydrogen (secondary N) is 3. The third-order valence-electron chi connectivity index (χ3n) is 4.10. The molecule has 8 nitrogen and oxygen atoms in total. The summed E-state index contributed by atoms with van der Waals surface area (Å²) >= 11 is 0. The first-order valence-electron chi connectivity index (χ1n) is 8.14. The van der Waals surface area contributed by atoms with Gasteiger partial charge in [-0.05, 0) is 25.0 Å². The number of alkyl carbamates (subject to hydrolysis) is 2. The fourth-order valence-corrected chi connectivity index (χ4v) is 2.84. The lowest BCUT2D eigenvalue weighted by Gasteiger charge is -2.30. The predicted molar refractivity (Wildman–Crippen MR) is 94.6 cm³/mol. The zero-order chi connectivity index (χ0) is 18.1. The largest absolute Gasteiger partial charge is 0.453 e. The zero-order valence-corrected chi connectivity index (χ0v) is 14.5. The Hall–Kier alpha value is -2.77. The van der Waals surface area contributed by atoms with Crippen LogP contribution in [-0.2, 0) is 9.47 Å². The lowest BCUT2D eigenvalue weighted by atomic mass is 9.97. The van der Waals surface area contributed by atoms with Gasteiger partial charge in [-0.25, -0.2) is 14.6 Å². The lowest BCUT2D eigenvalue weighted by molar-refractivity contribution is 0.173. The Labute approximate surface area is 147 Å². The number of amides is 2. The van der Waals surface area contributed by atoms with Gasteiger partial charge in [0.2, 0.25) is 5.96 Å². The van der Waals surface area contributed by atoms with Crippen molar-refractivity contribution < 1.29 is 19.1 Å². The molecule has 1 aromatic rings. The average Bonchev–Trinajstić information content (AvgIpc) is 3.09. The second kappa shape index (κ2) is 8.91. The van der Waals surface area contributed by atoms with Gasteiger partial charge >= 0.3 is 12.2 Å². The Kier molecular flexibility index (Phi) is 6.62. The van der Waals surface area contributed by atoms with Crippen molar-refractivity contribution in [2.75, 3.05) is 26.1 Å². The summed E-state index contributed by atoms with van der Waals surface area (Å²) < 4.78 is 9.10. The minimum Gasteiger partial charge on any atom is -0.453 e. The first-order valence-corrected chi connectivity index (χ1v) is 8.14. The molecule has 0 spiro atoms. The number of rotatable bonds is 4. The van der Waals surface area contributed by atoms with Gasteiger partial charge in [0.1, 0.15) is 0 Å². The van der Waals surface area contributed by atoms with Crippen molar-refractivity contribution in [2.24, 2.45) is 4.99 Å². The van der Waals surface area contributed by atoms with E-state index in [1.165, 1.54) is 14.2 Å². The summed E-state index contributed by atoms with van der Waals surface area (Å²) in [5.74, 6) is -0.000151. The van der Waals surface area contributed by atoms with Crippen LogP contribution in [0.3, 0.4) is 0 Å². The van der Waals surface area contributed by atoms with Gasteiger partial charge in [0, 0.05) is 5.69 Å². The van der Waals surface area contributed by atoms with Crippen LogP contribution in [0, 0.1) is 0 Å². The van der Waals surface area contributed by atoms with E-state index in [1.807, 2.05) is 30.3 Å². The molecule has 1 aromatic carbocycles. The molecule has 0 aliphatic heterocycles. The van der Waals surface area contributed by atoms with Gasteiger partial charge in [0.15, 0.2) is 0 Å². The van der Waals surface area contributed by atoms with E-state index in [2.05, 4.69) is 30.4 Å². The van der Waals surface area contributed by atoms with E-state index in [-0.39, 0.29) is 11.5 Å². The predicted octanol–water partition coefficient (Wildman–Crippen LogP) is 2.48. The maximum absolute atomic E-state index is 11.4. The van der Waals surface area contributed by atoms with Gasteiger partial charge in [-0.1, -0.05) is 31.0 Å². The van der Waals surface area contributed by atoms with Crippen molar-refractivity contribution in [2.45, 2.75) is 31.2 Å². The van der Waals surface area contributed by atoms with E-state index in [4.69, 9.17) is 0 Å². The summed E-state index contributed by atoms with van der Waals surface area (Å²) in [6.45, 7) is 0.394. The molecule has 0 heterocycles. The van der Waals surface area contributed by atoms with Crippen LogP contribution in [0.1, 0.15) is 25.7 Å². The number of benzene rings is 1. The molecule has 0 unspecified atom stereocenters. The van der Waals surface area contributed by atoms with Crippen LogP contribution in [0.5, 0.6) is 0 Å². The third-order valence-corrected chi connectivity index (χ3v) is 4.10. The minimum absolute atomic E-state index is 0.000151. The van der Waals surface area contributed by atoms with Crippen LogP contribution >= 0.6 is 0 Å². The molecule has 2 rings (SSSR count). The molecule has 1 fully saturated rings. The quantitative estimate of drug-likeness (QED) is 0.573. The second-order valence-corrected chi connectivity index (χ2v) is 5.88. The van der Waals surface area contributed by atoms with Crippen molar-refractivity contribution in [3.8, 4) is 0 Å². The molecule has 1 aliphatic carbocycles. The number of aliphatic imine (C=N–C) groups is 1. The molecule has 0 aromatic heterocycles. The Morgan fingerprint density at radius 3 is 2.12 bits per heavy atom. The van der Waals surface area contributed by atoms with Crippen molar-refractivity contribution in [3.63, 3.8) is 0 Å². The molecule has 1 aliphatic rings. The number of nitrogens with zero attached hydrogens (tertiary/aromatic N) is 1. The standard InChI is InChI=1S/C17H24N4O4/c1-24-15(22)19-14(20-16(23)25-2)18-12-17(10-6-7-11-17)21-13-8-4-3-5-9-13/h3-5,8-9,21H,6-7,10-12H2,1-2H3,(H2,18,19,20,22,23). The number of para-hydroxylation sites is 1. The highest BCUT2D eigenvalue weighted by Gasteiger charge is 2.33. The zero-order valence-electron chi connectivity index (χ0n) is 14.5. The molecular weight excluding hydrogens is 324 g/mol. The number of carbonyl (C=O) groups excluding carboxylic acids is 2. The molecule has 0 saturated heterocycles. The van der Waals surface area contributed by atoms with E-state index >= 15 is 0 Å². The summed E-state index contributed by atoms with van der Waals surface area (Å²) in [7, 11) is 2.47. The summed E-state index contributed by atoms with van der Waals surface area (Å²) in [4.78, 5) is 27.3. The fraction of sp³-hybridized carbons (Fsp3) is 0.471. The fourth-order valence-electron chi connectivity index (χ4n) is 2.84. The number of ether oxygens (including phenoxy) is 2. The van der Waals surface area contributed by atoms with E-state index < -0.39 is 12.2 Å². The van der Waals surface area contributed by atoms with Gasteiger partial charge < -0.3 is 14.8 Å². The van der Waals surface area contributed by atoms with E-state index in [0.29, 0.717) is 6.54 Å². The molecule has 0 atom stereocenters. The number of hydrogen-bond acceptors (Lipinski definition) is 6. The average molecular weight is 348 g/mol. The van der Waals surface area contributed by atoms with Gasteiger partial charge in [-0.2, -0.15) is 0 Å². The maximum Gasteiger partial charge on any atom is 0.413 e. The first kappa shape index (κ1) is 18.6. The monoisotopic (exact) mass is 348 g/mol. The van der Waals surface area contributed by atoms with Crippen LogP contribution in [0.2, 0.25) is 0 Å². The summed E-state index contributed by atoms with van der Waals surface area (Å²) in [6, 6.07) is 9.91. The summed E-state index contributed by atoms with van der Waals surface area (Å²) in [5, 5.41) is 8.32. The van der Waals surface area contributed by atoms with Crippen molar-refractivity contribution in [1.82, 2.24) is 10.6 Å². The number of methoxy groups -OCH3 is 2. The Bertz CT molecular complexity index is 592. The third kappa shape index (κ3) is 5.66. The van der Waals surface area contributed by atoms with E-state index in [1.54, 1.807) is 0 Å². The van der Waals surface area contributed by atoms with Crippen molar-refractivity contribution in [3.05, 3.63) is 30.3 Å². The van der Waals surface area contributed by atoms with E-state index in [9.17, 15) is 9.59 Å². The van der Waals surface area contributed by atoms with Crippen LogP contribution in [0.15, 0.2) is 35.3 Å². The molecule has 0 bridgehead atoms. The molecule has 0 radical (unpaired) electrons. The van der Waals surface area contributed by atoms with Gasteiger partial charge in [-0.15, -0.1) is 0 Å². The number of carbonyl (C=O) groups is 2. The van der Waals surface area contributed by atoms with Crippen molar-refractivity contribution >= 4 is 23.8 Å². The molecule has 2 amide bonds. The van der Waals surface area contributed by atoms with E-state index in [0.717, 1.165) is 31.4 Å². The van der Waals surface area contributed by atoms with Crippen molar-refractivity contribution in [1.29, 1.82) is 0 Å². The highest BCUT2D eigenvalue weighted by atomic mass is 16.5. The highest BCUT2D eigenvalue weighted by Crippen LogP contribution is 2.33. The lowest BCUT2D eigenvalue weighted by Crippen LogP contribution is -2.46. The Morgan fingerprint density at radius 1 is 1.04 bits per heavy atom. The number of guanidine groups is 1. The van der Waals surface area contributed by atoms with Gasteiger partial charge in [0.05, 0.1) is 26.3 Å². The number of hydrogen-bond donors (Lipinski definition) is 3. The minimum atomic E-state index is -0.716. The molecule has 3 N–H and O–H groups in total. The van der Waals surface area contributed by atoms with Gasteiger partial charge in [0.25, 0.3) is 0 Å². The van der Waals surface area contributed by atoms with Crippen LogP contribution in [0.4, 0.5) is 15.3 Å². The summed E-state index contributed by atoms with van der Waals surface area (Å²) in [6.07, 6.45) is 2.67. The molecule has 8 heteroatoms. The van der Waals surface area contributed by atoms with Crippen LogP contribution in [-0.4, -0.2) is 44.4 Å².